The van der Waals surface area contributed by atoms with Crippen molar-refractivity contribution in [1.82, 2.24) is 0 Å². The molecule has 2 aliphatic rings. The second-order valence-corrected chi connectivity index (χ2v) is 4.93. The zero-order valence-corrected chi connectivity index (χ0v) is 8.60. The SMILES string of the molecule is C1=CC[SiH]=C1.C1=C[SiH2]C=C1. The van der Waals surface area contributed by atoms with Crippen LogP contribution in [0.4, 0.5) is 0 Å². The van der Waals surface area contributed by atoms with Crippen molar-refractivity contribution in [2.75, 3.05) is 0 Å². The summed E-state index contributed by atoms with van der Waals surface area (Å²) in [6, 6.07) is 1.35. The molecule has 2 aliphatic heterocycles. The Morgan fingerprint density at radius 3 is 2.10 bits per heavy atom. The van der Waals surface area contributed by atoms with Crippen LogP contribution < -0.4 is 0 Å². The third-order valence-electron chi connectivity index (χ3n) is 1.31. The Balaban J connectivity index is 0.0000001000. The van der Waals surface area contributed by atoms with Crippen molar-refractivity contribution in [2.45, 2.75) is 6.04 Å². The fourth-order valence-corrected chi connectivity index (χ4v) is 2.36. The van der Waals surface area contributed by atoms with Gasteiger partial charge in [-0.2, -0.15) is 0 Å². The molecule has 10 heavy (non-hydrogen) atoms. The Bertz CT molecular complexity index is 145. The lowest BCUT2D eigenvalue weighted by molar-refractivity contribution is 1.76. The van der Waals surface area contributed by atoms with Gasteiger partial charge in [-0.25, -0.2) is 0 Å². The molecule has 52 valence electrons. The summed E-state index contributed by atoms with van der Waals surface area (Å²) < 4.78 is 0. The molecule has 2 heterocycles. The molecular formula is C8H12Si2. The van der Waals surface area contributed by atoms with E-state index in [0.717, 1.165) is 0 Å². The highest BCUT2D eigenvalue weighted by atomic mass is 28.2. The largest absolute Gasteiger partial charge is 0.0969 e. The summed E-state index contributed by atoms with van der Waals surface area (Å²) in [6.45, 7) is 0. The quantitative estimate of drug-likeness (QED) is 0.455. The molecule has 0 aromatic heterocycles. The average molecular weight is 164 g/mol. The first-order chi connectivity index (χ1) is 5.00. The molecule has 0 N–H and O–H groups in total. The van der Waals surface area contributed by atoms with Crippen LogP contribution in [-0.4, -0.2) is 24.3 Å². The molecule has 0 fully saturated rings. The summed E-state index contributed by atoms with van der Waals surface area (Å²) in [6.07, 6.45) is 8.60. The van der Waals surface area contributed by atoms with Crippen molar-refractivity contribution in [2.24, 2.45) is 0 Å². The van der Waals surface area contributed by atoms with Crippen LogP contribution in [0.15, 0.2) is 35.7 Å². The molecular weight excluding hydrogens is 152 g/mol. The van der Waals surface area contributed by atoms with Crippen LogP contribution in [0.2, 0.25) is 6.04 Å². The zero-order valence-electron chi connectivity index (χ0n) is 6.03. The van der Waals surface area contributed by atoms with E-state index in [-0.39, 0.29) is 9.52 Å². The van der Waals surface area contributed by atoms with Gasteiger partial charge in [0.2, 0.25) is 0 Å². The average Bonchev–Trinajstić information content (AvgIpc) is 2.67. The van der Waals surface area contributed by atoms with Gasteiger partial charge in [-0.3, -0.25) is 0 Å². The predicted octanol–water partition coefficient (Wildman–Crippen LogP) is 0.409. The van der Waals surface area contributed by atoms with E-state index in [1.807, 2.05) is 0 Å². The fraction of sp³-hybridized carbons (Fsp3) is 0.125. The number of hydrogen-bond donors (Lipinski definition) is 0. The van der Waals surface area contributed by atoms with E-state index >= 15 is 0 Å². The van der Waals surface area contributed by atoms with Gasteiger partial charge >= 0.3 is 0 Å². The molecule has 0 aliphatic carbocycles. The lowest BCUT2D eigenvalue weighted by Crippen LogP contribution is -1.63. The highest BCUT2D eigenvalue weighted by Crippen LogP contribution is 1.82. The van der Waals surface area contributed by atoms with Crippen LogP contribution in [0, 0.1) is 0 Å². The molecule has 0 nitrogen and oxygen atoms in total. The first kappa shape index (κ1) is 7.63. The van der Waals surface area contributed by atoms with E-state index in [2.05, 4.69) is 41.4 Å². The van der Waals surface area contributed by atoms with Crippen molar-refractivity contribution in [1.29, 1.82) is 0 Å². The van der Waals surface area contributed by atoms with E-state index in [0.29, 0.717) is 9.13 Å². The smallest absolute Gasteiger partial charge is 0.0691 e. The Hall–Kier alpha value is -0.476. The molecule has 0 radical (unpaired) electrons. The monoisotopic (exact) mass is 164 g/mol. The maximum atomic E-state index is 2.26. The van der Waals surface area contributed by atoms with Crippen LogP contribution >= 0.6 is 0 Å². The second-order valence-electron chi connectivity index (χ2n) is 2.18. The summed E-state index contributed by atoms with van der Waals surface area (Å²) in [5, 5.41) is 0. The molecule has 0 saturated carbocycles. The van der Waals surface area contributed by atoms with Gasteiger partial charge in [-0.1, -0.05) is 41.4 Å². The number of hydrogen-bond acceptors (Lipinski definition) is 0. The molecule has 0 atom stereocenters. The Labute approximate surface area is 66.6 Å². The summed E-state index contributed by atoms with van der Waals surface area (Å²) in [4.78, 5) is 0. The Kier molecular flexibility index (Phi) is 4.06. The lowest BCUT2D eigenvalue weighted by atomic mass is 10.6. The number of rotatable bonds is 0. The van der Waals surface area contributed by atoms with Crippen LogP contribution in [0.5, 0.6) is 0 Å². The molecule has 0 saturated heterocycles. The normalized spacial score (nSPS) is 17.6. The minimum atomic E-state index is 0.182. The van der Waals surface area contributed by atoms with E-state index in [1.165, 1.54) is 6.04 Å². The van der Waals surface area contributed by atoms with Crippen LogP contribution in [-0.2, 0) is 0 Å². The fourth-order valence-electron chi connectivity index (χ4n) is 0.786. The summed E-state index contributed by atoms with van der Waals surface area (Å²) in [5.74, 6) is 0. The van der Waals surface area contributed by atoms with Gasteiger partial charge in [0.15, 0.2) is 0 Å². The molecule has 0 bridgehead atoms. The van der Waals surface area contributed by atoms with Crippen molar-refractivity contribution < 1.29 is 0 Å². The van der Waals surface area contributed by atoms with E-state index < -0.39 is 0 Å². The van der Waals surface area contributed by atoms with Gasteiger partial charge in [0.25, 0.3) is 0 Å². The molecule has 2 heteroatoms. The first-order valence-electron chi connectivity index (χ1n) is 3.63. The maximum Gasteiger partial charge on any atom is 0.0691 e. The number of allylic oxidation sites excluding steroid dienone is 4. The molecule has 0 aromatic rings. The van der Waals surface area contributed by atoms with Crippen molar-refractivity contribution in [3.63, 3.8) is 0 Å². The van der Waals surface area contributed by atoms with Crippen molar-refractivity contribution in [3.8, 4) is 0 Å². The van der Waals surface area contributed by atoms with E-state index in [4.69, 9.17) is 0 Å². The first-order valence-corrected chi connectivity index (χ1v) is 6.75. The Morgan fingerprint density at radius 1 is 1.10 bits per heavy atom. The van der Waals surface area contributed by atoms with Crippen LogP contribution in [0.1, 0.15) is 0 Å². The highest BCUT2D eigenvalue weighted by molar-refractivity contribution is 6.51. The summed E-state index contributed by atoms with van der Waals surface area (Å²) in [5.41, 5.74) is 6.79. The lowest BCUT2D eigenvalue weighted by Gasteiger charge is -1.56. The second kappa shape index (κ2) is 5.32. The van der Waals surface area contributed by atoms with Crippen LogP contribution in [0.3, 0.4) is 0 Å². The third-order valence-corrected chi connectivity index (χ3v) is 3.44. The molecule has 0 unspecified atom stereocenters. The Morgan fingerprint density at radius 2 is 1.90 bits per heavy atom. The van der Waals surface area contributed by atoms with E-state index in [9.17, 15) is 0 Å². The predicted molar refractivity (Wildman–Crippen MR) is 54.0 cm³/mol. The van der Waals surface area contributed by atoms with Gasteiger partial charge < -0.3 is 0 Å². The topological polar surface area (TPSA) is 0 Å². The van der Waals surface area contributed by atoms with Gasteiger partial charge in [0.05, 0.1) is 9.52 Å². The summed E-state index contributed by atoms with van der Waals surface area (Å²) >= 11 is 0. The minimum Gasteiger partial charge on any atom is -0.0969 e. The van der Waals surface area contributed by atoms with Crippen LogP contribution in [0.25, 0.3) is 0 Å². The minimum absolute atomic E-state index is 0.182. The third kappa shape index (κ3) is 3.53. The van der Waals surface area contributed by atoms with Crippen molar-refractivity contribution in [3.05, 3.63) is 35.7 Å². The van der Waals surface area contributed by atoms with Gasteiger partial charge in [-0.15, -0.1) is 0 Å². The van der Waals surface area contributed by atoms with E-state index in [1.54, 1.807) is 0 Å². The standard InChI is InChI=1S/2C4H6Si/c2*1-2-4-5-3-1/h1-3,5H,4H2;1-4H,5H2. The van der Waals surface area contributed by atoms with Gasteiger partial charge in [-0.05, 0) is 15.2 Å². The molecule has 0 aromatic carbocycles. The highest BCUT2D eigenvalue weighted by Gasteiger charge is 1.73. The van der Waals surface area contributed by atoms with Crippen molar-refractivity contribution >= 4 is 24.3 Å². The molecule has 0 amide bonds. The summed E-state index contributed by atoms with van der Waals surface area (Å²) in [7, 11) is 0.872. The zero-order chi connectivity index (χ0) is 7.07. The van der Waals surface area contributed by atoms with Gasteiger partial charge in [0, 0.05) is 0 Å². The molecule has 0 spiro atoms. The van der Waals surface area contributed by atoms with Gasteiger partial charge in [0.1, 0.15) is 0 Å². The maximum absolute atomic E-state index is 2.26. The molecule has 2 rings (SSSR count).